The molecule has 0 aliphatic carbocycles. The molecular formula is C33H36N6O8S4. The Kier molecular flexibility index (Phi) is 7.09. The van der Waals surface area contributed by atoms with Crippen LogP contribution in [0.3, 0.4) is 0 Å². The van der Waals surface area contributed by atoms with Gasteiger partial charge in [0.1, 0.15) is 30.6 Å². The molecule has 270 valence electrons. The molecule has 0 aromatic heterocycles. The highest BCUT2D eigenvalue weighted by Crippen LogP contribution is 2.76. The molecule has 2 unspecified atom stereocenters. The molecule has 10 rings (SSSR count). The molecule has 4 amide bonds. The number of fused-ring (bicyclic) bond motifs is 13. The Labute approximate surface area is 308 Å². The van der Waals surface area contributed by atoms with Crippen molar-refractivity contribution < 1.29 is 39.2 Å². The lowest BCUT2D eigenvalue weighted by molar-refractivity contribution is -0.218. The van der Waals surface area contributed by atoms with Crippen LogP contribution in [0.5, 0.6) is 0 Å². The molecule has 0 radical (unpaired) electrons. The van der Waals surface area contributed by atoms with Gasteiger partial charge in [-0.05, 0) is 70.4 Å². The molecule has 0 saturated carbocycles. The number of carbonyl (C=O) groups excluding carboxylic acids is 4. The number of nitrogens with zero attached hydrogens (tertiary/aromatic N) is 4. The smallest absolute Gasteiger partial charge is 0.279 e. The molecule has 1 spiro atoms. The highest BCUT2D eigenvalue weighted by atomic mass is 33.7. The van der Waals surface area contributed by atoms with Crippen LogP contribution in [0.2, 0.25) is 0 Å². The third-order valence-corrected chi connectivity index (χ3v) is 20.1. The van der Waals surface area contributed by atoms with E-state index >= 15 is 9.59 Å². The van der Waals surface area contributed by atoms with Crippen LogP contribution in [0.15, 0.2) is 48.5 Å². The fourth-order valence-corrected chi connectivity index (χ4v) is 18.6. The van der Waals surface area contributed by atoms with Crippen molar-refractivity contribution >= 4 is 76.2 Å². The van der Waals surface area contributed by atoms with Crippen molar-refractivity contribution in [2.45, 2.75) is 70.7 Å². The van der Waals surface area contributed by atoms with Crippen LogP contribution in [0.1, 0.15) is 25.0 Å². The first-order valence-corrected chi connectivity index (χ1v) is 21.3. The second-order valence-corrected chi connectivity index (χ2v) is 20.5. The van der Waals surface area contributed by atoms with Gasteiger partial charge in [0, 0.05) is 32.6 Å². The first-order chi connectivity index (χ1) is 24.3. The molecular weight excluding hydrogens is 737 g/mol. The van der Waals surface area contributed by atoms with Gasteiger partial charge >= 0.3 is 0 Å². The highest BCUT2D eigenvalue weighted by molar-refractivity contribution is 9.26. The Morgan fingerprint density at radius 1 is 0.804 bits per heavy atom. The van der Waals surface area contributed by atoms with Crippen molar-refractivity contribution in [1.82, 2.24) is 19.6 Å². The maximum atomic E-state index is 15.4. The summed E-state index contributed by atoms with van der Waals surface area (Å²) in [5.41, 5.74) is -3.94. The summed E-state index contributed by atoms with van der Waals surface area (Å²) in [4.78, 5) is 61.8. The molecule has 2 aromatic carbocycles. The number of carbonyl (C=O) groups is 4. The van der Waals surface area contributed by atoms with E-state index in [1.807, 2.05) is 26.0 Å². The quantitative estimate of drug-likeness (QED) is 0.280. The molecule has 18 heteroatoms. The minimum absolute atomic E-state index is 0.349. The molecule has 10 atom stereocenters. The average Bonchev–Trinajstić information content (AvgIpc) is 3.76. The van der Waals surface area contributed by atoms with E-state index in [2.05, 4.69) is 10.6 Å². The number of aliphatic hydroxyl groups excluding tert-OH is 3. The Morgan fingerprint density at radius 2 is 1.35 bits per heavy atom. The summed E-state index contributed by atoms with van der Waals surface area (Å²) in [5, 5.41) is 44.3. The second-order valence-electron chi connectivity index (χ2n) is 14.3. The number of methoxy groups -OCH3 is 1. The molecule has 2 aromatic rings. The molecule has 14 nitrogen and oxygen atoms in total. The van der Waals surface area contributed by atoms with E-state index in [4.69, 9.17) is 4.74 Å². The van der Waals surface area contributed by atoms with Crippen molar-refractivity contribution in [1.29, 1.82) is 0 Å². The normalized spacial score (nSPS) is 41.9. The number of rotatable bonds is 4. The monoisotopic (exact) mass is 772 g/mol. The number of hydrogen-bond donors (Lipinski definition) is 5. The first-order valence-electron chi connectivity index (χ1n) is 16.5. The SMILES string of the molecule is CO[C@@]12C(=O)N(C)[C@@H](CO)C(=O)N1[C@@H]1Nc3ccccc3C1(C13c4ccccc4N[C@@H]1N1C(=O)[C@@]4(C(C)C)SSSS[C@]1(C(=O)N4C)[C@H]3O)[C@@H]2O. The Bertz CT molecular complexity index is 1940. The Morgan fingerprint density at radius 3 is 1.92 bits per heavy atom. The fourth-order valence-electron chi connectivity index (χ4n) is 10.5. The molecule has 8 aliphatic rings. The lowest BCUT2D eigenvalue weighted by atomic mass is 9.51. The number of ether oxygens (including phenoxy) is 1. The van der Waals surface area contributed by atoms with Gasteiger partial charge in [-0.2, -0.15) is 0 Å². The van der Waals surface area contributed by atoms with Crippen molar-refractivity contribution in [3.05, 3.63) is 59.7 Å². The summed E-state index contributed by atoms with van der Waals surface area (Å²) in [6.07, 6.45) is -6.05. The van der Waals surface area contributed by atoms with Gasteiger partial charge in [-0.1, -0.05) is 50.2 Å². The Hall–Kier alpha value is -2.84. The number of benzene rings is 2. The summed E-state index contributed by atoms with van der Waals surface area (Å²) in [6, 6.07) is 13.0. The third-order valence-electron chi connectivity index (χ3n) is 12.6. The third kappa shape index (κ3) is 3.25. The first kappa shape index (κ1) is 34.0. The van der Waals surface area contributed by atoms with Crippen molar-refractivity contribution in [3.8, 4) is 0 Å². The van der Waals surface area contributed by atoms with Gasteiger partial charge in [-0.15, -0.1) is 0 Å². The van der Waals surface area contributed by atoms with Crippen molar-refractivity contribution in [2.24, 2.45) is 5.92 Å². The topological polar surface area (TPSA) is 175 Å². The molecule has 5 N–H and O–H groups in total. The van der Waals surface area contributed by atoms with Crippen LogP contribution in [0.4, 0.5) is 11.4 Å². The van der Waals surface area contributed by atoms with Gasteiger partial charge in [0.15, 0.2) is 4.87 Å². The highest BCUT2D eigenvalue weighted by Gasteiger charge is 2.91. The summed E-state index contributed by atoms with van der Waals surface area (Å²) in [5.74, 6) is -2.66. The van der Waals surface area contributed by atoms with Gasteiger partial charge < -0.3 is 40.5 Å². The van der Waals surface area contributed by atoms with E-state index in [1.54, 1.807) is 43.4 Å². The van der Waals surface area contributed by atoms with Crippen molar-refractivity contribution in [3.63, 3.8) is 0 Å². The summed E-state index contributed by atoms with van der Waals surface area (Å²) in [6.45, 7) is 3.08. The number of hydrogen-bond acceptors (Lipinski definition) is 14. The van der Waals surface area contributed by atoms with Crippen molar-refractivity contribution in [2.75, 3.05) is 38.4 Å². The van der Waals surface area contributed by atoms with Crippen LogP contribution in [0, 0.1) is 5.92 Å². The molecule has 2 bridgehead atoms. The summed E-state index contributed by atoms with van der Waals surface area (Å²) >= 11 is 0. The van der Waals surface area contributed by atoms with E-state index < -0.39 is 81.2 Å². The molecule has 51 heavy (non-hydrogen) atoms. The predicted octanol–water partition coefficient (Wildman–Crippen LogP) is 1.16. The largest absolute Gasteiger partial charge is 0.394 e. The van der Waals surface area contributed by atoms with Gasteiger partial charge in [-0.3, -0.25) is 29.0 Å². The maximum Gasteiger partial charge on any atom is 0.279 e. The van der Waals surface area contributed by atoms with Gasteiger partial charge in [-0.25, -0.2) is 0 Å². The van der Waals surface area contributed by atoms with E-state index in [0.29, 0.717) is 22.5 Å². The van der Waals surface area contributed by atoms with Gasteiger partial charge in [0.25, 0.3) is 29.4 Å². The van der Waals surface area contributed by atoms with Crippen LogP contribution >= 0.6 is 41.2 Å². The van der Waals surface area contributed by atoms with E-state index in [0.717, 1.165) is 15.7 Å². The van der Waals surface area contributed by atoms with Crippen LogP contribution in [0.25, 0.3) is 0 Å². The summed E-state index contributed by atoms with van der Waals surface area (Å²) in [7, 11) is 9.25. The lowest BCUT2D eigenvalue weighted by Crippen LogP contribution is -2.76. The minimum atomic E-state index is -2.33. The molecule has 6 saturated heterocycles. The number of aliphatic hydroxyl groups is 3. The number of anilines is 2. The number of nitrogens with one attached hydrogen (secondary N) is 2. The van der Waals surface area contributed by atoms with E-state index in [-0.39, 0.29) is 11.8 Å². The molecule has 8 aliphatic heterocycles. The van der Waals surface area contributed by atoms with Crippen LogP contribution in [-0.4, -0.2) is 132 Å². The van der Waals surface area contributed by atoms with Gasteiger partial charge in [0.2, 0.25) is 4.87 Å². The number of para-hydroxylation sites is 2. The average molecular weight is 773 g/mol. The zero-order valence-electron chi connectivity index (χ0n) is 28.1. The molecule has 6 fully saturated rings. The summed E-state index contributed by atoms with van der Waals surface area (Å²) < 4.78 is 6.06. The van der Waals surface area contributed by atoms with E-state index in [1.165, 1.54) is 59.3 Å². The van der Waals surface area contributed by atoms with Gasteiger partial charge in [0.05, 0.1) is 17.4 Å². The zero-order valence-corrected chi connectivity index (χ0v) is 31.4. The number of amides is 4. The molecule has 8 heterocycles. The zero-order chi connectivity index (χ0) is 36.2. The predicted molar refractivity (Wildman–Crippen MR) is 194 cm³/mol. The minimum Gasteiger partial charge on any atom is -0.394 e. The fraction of sp³-hybridized carbons (Fsp3) is 0.515. The second kappa shape index (κ2) is 10.6. The standard InChI is InChI=1S/C33H36N6O8S4/c1-15(2)32-28(46)39-25-30(17-11-7-9-13-19(17)35-25,23(43)33(39,27(45)37(32)4)49-51-50-48-32)29-16-10-6-8-12-18(16)34-24(29)38-21(41)20(14-40)36(3)26(44)31(38,47-5)22(29)42/h6-13,15,20,22-25,34-35,40,42-43H,14H2,1-5H3/t20-,22-,23-,24-,25+,29?,30?,31-,32+,33-/m0/s1. The van der Waals surface area contributed by atoms with Crippen LogP contribution < -0.4 is 10.6 Å². The maximum absolute atomic E-state index is 15.4. The van der Waals surface area contributed by atoms with E-state index in [9.17, 15) is 24.9 Å². The lowest BCUT2D eigenvalue weighted by Gasteiger charge is -2.56. The number of piperazine rings is 2. The van der Waals surface area contributed by atoms with Crippen LogP contribution in [-0.2, 0) is 34.7 Å². The Balaban J connectivity index is 1.43. The number of likely N-dealkylation sites (N-methyl/N-ethyl adjacent to an activating group) is 2.